The lowest BCUT2D eigenvalue weighted by Crippen LogP contribution is -2.46. The lowest BCUT2D eigenvalue weighted by molar-refractivity contribution is -0.160. The Morgan fingerprint density at radius 1 is 0.967 bits per heavy atom. The minimum Gasteiger partial charge on any atom is -0.507 e. The number of fused-ring (bicyclic) bond motifs is 1. The van der Waals surface area contributed by atoms with Crippen LogP contribution in [0.5, 0.6) is 17.2 Å². The van der Waals surface area contributed by atoms with Crippen LogP contribution in [0.1, 0.15) is 97.0 Å². The molecule has 1 saturated heterocycles. The molecule has 332 valence electrons. The van der Waals surface area contributed by atoms with Crippen LogP contribution in [-0.2, 0) is 23.8 Å². The van der Waals surface area contributed by atoms with Crippen molar-refractivity contribution >= 4 is 34.1 Å². The number of allylic oxidation sites excluding steroid dienone is 2. The number of amides is 1. The zero-order valence-corrected chi connectivity index (χ0v) is 36.9. The third kappa shape index (κ3) is 8.54. The lowest BCUT2D eigenvalue weighted by Gasteiger charge is -2.38. The lowest BCUT2D eigenvalue weighted by atomic mass is 9.78. The molecule has 6 rings (SSSR count). The number of piperidine rings is 1. The van der Waals surface area contributed by atoms with Gasteiger partial charge in [0.25, 0.3) is 11.7 Å². The van der Waals surface area contributed by atoms with Crippen LogP contribution >= 0.6 is 0 Å². The summed E-state index contributed by atoms with van der Waals surface area (Å²) in [6, 6.07) is 0. The Labute approximate surface area is 356 Å². The van der Waals surface area contributed by atoms with E-state index in [-0.39, 0.29) is 55.4 Å². The molecule has 0 unspecified atom stereocenters. The Kier molecular flexibility index (Phi) is 13.4. The van der Waals surface area contributed by atoms with E-state index < -0.39 is 82.9 Å². The topological polar surface area (TPSA) is 209 Å². The van der Waals surface area contributed by atoms with Crippen molar-refractivity contribution in [3.63, 3.8) is 0 Å². The van der Waals surface area contributed by atoms with Crippen LogP contribution in [0, 0.1) is 30.6 Å². The van der Waals surface area contributed by atoms with E-state index in [0.29, 0.717) is 12.8 Å². The van der Waals surface area contributed by atoms with Crippen molar-refractivity contribution in [2.75, 3.05) is 32.1 Å². The first-order valence-corrected chi connectivity index (χ1v) is 21.4. The summed E-state index contributed by atoms with van der Waals surface area (Å²) < 4.78 is 24.0. The quantitative estimate of drug-likeness (QED) is 0.201. The van der Waals surface area contributed by atoms with Gasteiger partial charge in [0.2, 0.25) is 0 Å². The fraction of sp³-hybridized carbons (Fsp3) is 0.587. The molecule has 0 radical (unpaired) electrons. The molecule has 0 aliphatic carbocycles. The van der Waals surface area contributed by atoms with E-state index in [1.807, 2.05) is 0 Å². The van der Waals surface area contributed by atoms with Gasteiger partial charge in [-0.05, 0) is 32.9 Å². The molecule has 1 amide bonds. The SMILES string of the molecule is CCCCN1CCC2(CC1)N=c1c3c(O)c4c(O)c(C)c5c(c4c1=N2)C(=O)[C@@](C)(O/C=C/[C@H](OC)[C@@H](C)[C@@H](OC(C)=O)[C@H](C)[C@H](O)[C@H](C)[C@@H](O)[C@@H](C)/C=C/C=C(/C)C(=O)N3)O5. The molecule has 61 heavy (non-hydrogen) atoms. The first-order chi connectivity index (χ1) is 28.8. The van der Waals surface area contributed by atoms with Crippen LogP contribution < -0.4 is 20.8 Å². The van der Waals surface area contributed by atoms with Crippen LogP contribution in [0.15, 0.2) is 46.1 Å². The molecule has 2 aromatic rings. The number of hydrogen-bond donors (Lipinski definition) is 5. The smallest absolute Gasteiger partial charge is 0.312 e. The molecular formula is C46H62N4O11. The van der Waals surface area contributed by atoms with E-state index in [9.17, 15) is 34.8 Å². The molecule has 9 atom stereocenters. The summed E-state index contributed by atoms with van der Waals surface area (Å²) >= 11 is 0. The maximum absolute atomic E-state index is 14.7. The van der Waals surface area contributed by atoms with Gasteiger partial charge in [0, 0.05) is 87.1 Å². The zero-order chi connectivity index (χ0) is 44.7. The van der Waals surface area contributed by atoms with Crippen LogP contribution in [0.25, 0.3) is 10.8 Å². The van der Waals surface area contributed by atoms with Gasteiger partial charge in [-0.3, -0.25) is 24.4 Å². The predicted molar refractivity (Wildman–Crippen MR) is 228 cm³/mol. The molecule has 15 nitrogen and oxygen atoms in total. The number of carbonyl (C=O) groups excluding carboxylic acids is 3. The highest BCUT2D eigenvalue weighted by Gasteiger charge is 2.50. The van der Waals surface area contributed by atoms with Crippen LogP contribution in [0.3, 0.4) is 0 Å². The van der Waals surface area contributed by atoms with Crippen LogP contribution in [0.2, 0.25) is 0 Å². The van der Waals surface area contributed by atoms with Gasteiger partial charge in [-0.15, -0.1) is 0 Å². The number of benzene rings is 2. The molecular weight excluding hydrogens is 785 g/mol. The summed E-state index contributed by atoms with van der Waals surface area (Å²) in [4.78, 5) is 53.7. The Balaban J connectivity index is 1.53. The van der Waals surface area contributed by atoms with Crippen LogP contribution in [0.4, 0.5) is 5.69 Å². The first kappa shape index (κ1) is 45.7. The molecule has 15 heteroatoms. The average Bonchev–Trinajstić information content (AvgIpc) is 3.73. The number of nitrogens with zero attached hydrogens (tertiary/aromatic N) is 3. The second-order valence-corrected chi connectivity index (χ2v) is 17.5. The zero-order valence-electron chi connectivity index (χ0n) is 36.9. The normalized spacial score (nSPS) is 32.6. The van der Waals surface area contributed by atoms with Crippen molar-refractivity contribution in [3.05, 3.63) is 58.0 Å². The number of nitrogens with one attached hydrogen (secondary N) is 1. The number of unbranched alkanes of at least 4 members (excludes halogenated alkanes) is 1. The largest absolute Gasteiger partial charge is 0.507 e. The number of hydrogen-bond acceptors (Lipinski definition) is 14. The van der Waals surface area contributed by atoms with Gasteiger partial charge in [0.15, 0.2) is 11.4 Å². The predicted octanol–water partition coefficient (Wildman–Crippen LogP) is 4.89. The number of aliphatic hydroxyl groups is 2. The van der Waals surface area contributed by atoms with Crippen molar-refractivity contribution < 1.29 is 53.8 Å². The molecule has 1 fully saturated rings. The van der Waals surface area contributed by atoms with Gasteiger partial charge >= 0.3 is 11.8 Å². The number of anilines is 1. The molecule has 4 aliphatic heterocycles. The number of Topliss-reactive ketones (excluding diaryl/α,β-unsaturated/α-hetero) is 1. The number of ketones is 1. The third-order valence-corrected chi connectivity index (χ3v) is 13.1. The summed E-state index contributed by atoms with van der Waals surface area (Å²) in [6.07, 6.45) is 7.19. The fourth-order valence-electron chi connectivity index (χ4n) is 9.11. The Morgan fingerprint density at radius 3 is 2.28 bits per heavy atom. The minimum absolute atomic E-state index is 0.0394. The highest BCUT2D eigenvalue weighted by atomic mass is 16.7. The van der Waals surface area contributed by atoms with E-state index in [1.54, 1.807) is 65.8 Å². The Bertz CT molecular complexity index is 2280. The van der Waals surface area contributed by atoms with E-state index >= 15 is 0 Å². The first-order valence-electron chi connectivity index (χ1n) is 21.4. The van der Waals surface area contributed by atoms with Crippen molar-refractivity contribution in [1.29, 1.82) is 0 Å². The van der Waals surface area contributed by atoms with E-state index in [4.69, 9.17) is 28.9 Å². The molecule has 2 aromatic carbocycles. The van der Waals surface area contributed by atoms with Crippen molar-refractivity contribution in [2.24, 2.45) is 33.7 Å². The summed E-state index contributed by atoms with van der Waals surface area (Å²) in [5.74, 6) is -6.88. The maximum Gasteiger partial charge on any atom is 0.312 e. The second-order valence-electron chi connectivity index (χ2n) is 17.5. The van der Waals surface area contributed by atoms with E-state index in [1.165, 1.54) is 27.2 Å². The van der Waals surface area contributed by atoms with Gasteiger partial charge in [-0.1, -0.05) is 59.3 Å². The minimum atomic E-state index is -1.95. The van der Waals surface area contributed by atoms with Crippen molar-refractivity contribution in [2.45, 2.75) is 124 Å². The van der Waals surface area contributed by atoms with Gasteiger partial charge in [0.1, 0.15) is 28.6 Å². The number of carbonyl (C=O) groups is 3. The van der Waals surface area contributed by atoms with Crippen molar-refractivity contribution in [3.8, 4) is 17.2 Å². The highest BCUT2D eigenvalue weighted by molar-refractivity contribution is 6.19. The number of methoxy groups -OCH3 is 1. The second kappa shape index (κ2) is 17.9. The molecule has 4 heterocycles. The van der Waals surface area contributed by atoms with E-state index in [0.717, 1.165) is 32.5 Å². The number of aromatic hydroxyl groups is 2. The van der Waals surface area contributed by atoms with Crippen LogP contribution in [-0.4, -0.2) is 106 Å². The number of likely N-dealkylation sites (tertiary alicyclic amines) is 1. The number of phenols is 2. The summed E-state index contributed by atoms with van der Waals surface area (Å²) in [6.45, 7) is 17.4. The van der Waals surface area contributed by atoms with E-state index in [2.05, 4.69) is 17.1 Å². The average molecular weight is 847 g/mol. The molecule has 0 aromatic heterocycles. The summed E-state index contributed by atoms with van der Waals surface area (Å²) in [5, 5.41) is 50.2. The summed E-state index contributed by atoms with van der Waals surface area (Å²) in [7, 11) is 1.47. The Hall–Kier alpha value is -4.83. The maximum atomic E-state index is 14.7. The van der Waals surface area contributed by atoms with Crippen molar-refractivity contribution in [1.82, 2.24) is 4.90 Å². The van der Waals surface area contributed by atoms with Gasteiger partial charge < -0.3 is 49.6 Å². The fourth-order valence-corrected chi connectivity index (χ4v) is 9.11. The molecule has 4 bridgehead atoms. The number of rotatable bonds is 5. The number of ether oxygens (including phenoxy) is 4. The number of esters is 1. The highest BCUT2D eigenvalue weighted by Crippen LogP contribution is 2.50. The third-order valence-electron chi connectivity index (χ3n) is 13.1. The standard InChI is InChI=1S/C46H62N4O11/c1-11-12-19-50-20-17-46(18-21-50)48-34-31-32-39(54)28(7)42-33(31)43(56)45(9,61-42)59-22-16-30(58-10)25(4)41(60-29(8)51)27(6)38(53)26(5)37(52)23(2)14-13-15-24(3)44(57)47-36(40(32)55)35(34)49-46/h13-16,22-23,25-27,30,37-38,41,52-55H,11-12,17-21H2,1-10H3,(H,47,57)/b14-13+,22-16+,24-15-/t23-,25+,26+,27+,30-,37-,38+,41+,45-/m0/s1. The van der Waals surface area contributed by atoms with Gasteiger partial charge in [0.05, 0.1) is 40.9 Å². The van der Waals surface area contributed by atoms with Gasteiger partial charge in [-0.2, -0.15) is 0 Å². The Morgan fingerprint density at radius 2 is 1.64 bits per heavy atom. The molecule has 0 saturated carbocycles. The number of phenolic OH excluding ortho intramolecular Hbond substituents is 2. The summed E-state index contributed by atoms with van der Waals surface area (Å²) in [5.41, 5.74) is -0.552. The molecule has 4 aliphatic rings. The monoisotopic (exact) mass is 846 g/mol. The number of aliphatic hydroxyl groups excluding tert-OH is 2. The van der Waals surface area contributed by atoms with Gasteiger partial charge in [-0.25, -0.2) is 0 Å². The molecule has 5 N–H and O–H groups in total. The molecule has 1 spiro atoms.